The van der Waals surface area contributed by atoms with Gasteiger partial charge in [-0.25, -0.2) is 4.79 Å². The van der Waals surface area contributed by atoms with Gasteiger partial charge in [-0.05, 0) is 68.7 Å². The van der Waals surface area contributed by atoms with Crippen LogP contribution in [0.15, 0.2) is 12.1 Å². The second-order valence-corrected chi connectivity index (χ2v) is 8.70. The summed E-state index contributed by atoms with van der Waals surface area (Å²) >= 11 is 0. The number of hydrogen-bond acceptors (Lipinski definition) is 4. The molecule has 0 bridgehead atoms. The molecule has 164 valence electrons. The van der Waals surface area contributed by atoms with Crippen molar-refractivity contribution in [2.24, 2.45) is 5.92 Å². The third-order valence-electron chi connectivity index (χ3n) is 6.47. The molecule has 7 heteroatoms. The van der Waals surface area contributed by atoms with Crippen molar-refractivity contribution in [3.05, 3.63) is 28.8 Å². The lowest BCUT2D eigenvalue weighted by atomic mass is 9.73. The molecule has 2 N–H and O–H groups in total. The number of aryl methyl sites for hydroxylation is 2. The van der Waals surface area contributed by atoms with Crippen LogP contribution in [0.3, 0.4) is 0 Å². The third kappa shape index (κ3) is 4.45. The van der Waals surface area contributed by atoms with Crippen LogP contribution in [0.25, 0.3) is 0 Å². The van der Waals surface area contributed by atoms with Crippen LogP contribution in [-0.2, 0) is 9.59 Å². The van der Waals surface area contributed by atoms with Gasteiger partial charge >= 0.3 is 6.03 Å². The Morgan fingerprint density at radius 3 is 2.77 bits per heavy atom. The summed E-state index contributed by atoms with van der Waals surface area (Å²) in [6.45, 7) is 8.79. The SMILES string of the molecule is Cc1cc(C)c(C)c(OCCCNC(=O)CN2C(=O)N[C@]3(CCCC[C@H]3C)C2=O)c1. The van der Waals surface area contributed by atoms with Crippen LogP contribution in [0.2, 0.25) is 0 Å². The summed E-state index contributed by atoms with van der Waals surface area (Å²) in [5.41, 5.74) is 2.64. The van der Waals surface area contributed by atoms with Crippen molar-refractivity contribution in [2.45, 2.75) is 65.3 Å². The first-order chi connectivity index (χ1) is 14.2. The summed E-state index contributed by atoms with van der Waals surface area (Å²) in [6.07, 6.45) is 4.17. The molecule has 2 atom stereocenters. The van der Waals surface area contributed by atoms with Crippen LogP contribution < -0.4 is 15.4 Å². The fourth-order valence-electron chi connectivity index (χ4n) is 4.47. The summed E-state index contributed by atoms with van der Waals surface area (Å²) in [5.74, 6) is 0.358. The Kier molecular flexibility index (Phi) is 6.68. The Balaban J connectivity index is 1.44. The van der Waals surface area contributed by atoms with E-state index in [1.165, 1.54) is 5.56 Å². The predicted molar refractivity (Wildman–Crippen MR) is 114 cm³/mol. The lowest BCUT2D eigenvalue weighted by molar-refractivity contribution is -0.137. The zero-order valence-corrected chi connectivity index (χ0v) is 18.5. The number of benzene rings is 1. The molecule has 30 heavy (non-hydrogen) atoms. The number of hydrogen-bond donors (Lipinski definition) is 2. The Bertz CT molecular complexity index is 838. The van der Waals surface area contributed by atoms with E-state index in [0.717, 1.165) is 41.0 Å². The average molecular weight is 416 g/mol. The Labute approximate surface area is 178 Å². The number of amides is 4. The van der Waals surface area contributed by atoms with Crippen molar-refractivity contribution >= 4 is 17.8 Å². The molecule has 2 fully saturated rings. The quantitative estimate of drug-likeness (QED) is 0.529. The highest BCUT2D eigenvalue weighted by molar-refractivity contribution is 6.09. The maximum Gasteiger partial charge on any atom is 0.325 e. The van der Waals surface area contributed by atoms with E-state index in [-0.39, 0.29) is 24.3 Å². The van der Waals surface area contributed by atoms with Crippen molar-refractivity contribution in [2.75, 3.05) is 19.7 Å². The van der Waals surface area contributed by atoms with Gasteiger partial charge in [0.1, 0.15) is 17.8 Å². The average Bonchev–Trinajstić information content (AvgIpc) is 2.92. The highest BCUT2D eigenvalue weighted by atomic mass is 16.5. The van der Waals surface area contributed by atoms with Gasteiger partial charge in [-0.15, -0.1) is 0 Å². The normalized spacial score (nSPS) is 23.6. The molecule has 1 aromatic carbocycles. The van der Waals surface area contributed by atoms with Gasteiger partial charge in [-0.2, -0.15) is 0 Å². The van der Waals surface area contributed by atoms with E-state index in [1.54, 1.807) is 0 Å². The van der Waals surface area contributed by atoms with Crippen molar-refractivity contribution in [3.8, 4) is 5.75 Å². The number of carbonyl (C=O) groups is 3. The molecular weight excluding hydrogens is 382 g/mol. The van der Waals surface area contributed by atoms with Crippen LogP contribution in [0.1, 0.15) is 55.7 Å². The largest absolute Gasteiger partial charge is 0.493 e. The van der Waals surface area contributed by atoms with Crippen molar-refractivity contribution in [3.63, 3.8) is 0 Å². The first-order valence-electron chi connectivity index (χ1n) is 10.9. The maximum atomic E-state index is 12.9. The van der Waals surface area contributed by atoms with E-state index in [9.17, 15) is 14.4 Å². The molecule has 1 aromatic rings. The summed E-state index contributed by atoms with van der Waals surface area (Å²) in [6, 6.07) is 3.68. The molecule has 4 amide bonds. The Hall–Kier alpha value is -2.57. The van der Waals surface area contributed by atoms with Crippen molar-refractivity contribution in [1.82, 2.24) is 15.5 Å². The zero-order valence-electron chi connectivity index (χ0n) is 18.5. The van der Waals surface area contributed by atoms with Gasteiger partial charge in [-0.1, -0.05) is 25.8 Å². The molecule has 0 unspecified atom stereocenters. The minimum atomic E-state index is -0.826. The van der Waals surface area contributed by atoms with E-state index in [4.69, 9.17) is 4.74 Å². The molecule has 0 aromatic heterocycles. The van der Waals surface area contributed by atoms with Crippen LogP contribution in [0.4, 0.5) is 4.79 Å². The number of nitrogens with zero attached hydrogens (tertiary/aromatic N) is 1. The topological polar surface area (TPSA) is 87.7 Å². The maximum absolute atomic E-state index is 12.9. The van der Waals surface area contributed by atoms with Crippen LogP contribution in [0, 0.1) is 26.7 Å². The van der Waals surface area contributed by atoms with E-state index in [1.807, 2.05) is 26.8 Å². The monoisotopic (exact) mass is 415 g/mol. The first kappa shape index (κ1) is 22.1. The van der Waals surface area contributed by atoms with E-state index < -0.39 is 11.6 Å². The van der Waals surface area contributed by atoms with Gasteiger partial charge in [-0.3, -0.25) is 14.5 Å². The lowest BCUT2D eigenvalue weighted by Crippen LogP contribution is -2.54. The van der Waals surface area contributed by atoms with Gasteiger partial charge in [0.05, 0.1) is 6.61 Å². The molecule has 1 aliphatic carbocycles. The number of urea groups is 1. The fourth-order valence-corrected chi connectivity index (χ4v) is 4.47. The van der Waals surface area contributed by atoms with Crippen LogP contribution in [-0.4, -0.2) is 48.0 Å². The summed E-state index contributed by atoms with van der Waals surface area (Å²) in [5, 5.41) is 5.65. The Morgan fingerprint density at radius 2 is 2.03 bits per heavy atom. The molecule has 0 radical (unpaired) electrons. The van der Waals surface area contributed by atoms with Gasteiger partial charge in [0.15, 0.2) is 0 Å². The molecule has 1 saturated carbocycles. The fraction of sp³-hybridized carbons (Fsp3) is 0.609. The number of carbonyl (C=O) groups excluding carboxylic acids is 3. The molecule has 7 nitrogen and oxygen atoms in total. The zero-order chi connectivity index (χ0) is 21.9. The van der Waals surface area contributed by atoms with E-state index >= 15 is 0 Å². The van der Waals surface area contributed by atoms with Crippen molar-refractivity contribution in [1.29, 1.82) is 0 Å². The number of ether oxygens (including phenoxy) is 1. The highest BCUT2D eigenvalue weighted by Crippen LogP contribution is 2.38. The van der Waals surface area contributed by atoms with Gasteiger partial charge in [0, 0.05) is 6.54 Å². The molecular formula is C23H33N3O4. The lowest BCUT2D eigenvalue weighted by Gasteiger charge is -2.36. The minimum absolute atomic E-state index is 0.0848. The van der Waals surface area contributed by atoms with E-state index in [2.05, 4.69) is 23.6 Å². The van der Waals surface area contributed by atoms with E-state index in [0.29, 0.717) is 26.0 Å². The summed E-state index contributed by atoms with van der Waals surface area (Å²) in [4.78, 5) is 38.6. The molecule has 1 aliphatic heterocycles. The predicted octanol–water partition coefficient (Wildman–Crippen LogP) is 3.00. The van der Waals surface area contributed by atoms with Gasteiger partial charge in [0.25, 0.3) is 5.91 Å². The smallest absolute Gasteiger partial charge is 0.325 e. The second-order valence-electron chi connectivity index (χ2n) is 8.70. The summed E-state index contributed by atoms with van der Waals surface area (Å²) < 4.78 is 5.85. The Morgan fingerprint density at radius 1 is 1.27 bits per heavy atom. The van der Waals surface area contributed by atoms with Gasteiger partial charge in [0.2, 0.25) is 5.91 Å². The van der Waals surface area contributed by atoms with Crippen LogP contribution >= 0.6 is 0 Å². The second kappa shape index (κ2) is 9.06. The number of nitrogens with one attached hydrogen (secondary N) is 2. The first-order valence-corrected chi connectivity index (χ1v) is 10.9. The summed E-state index contributed by atoms with van der Waals surface area (Å²) in [7, 11) is 0. The van der Waals surface area contributed by atoms with Crippen molar-refractivity contribution < 1.29 is 19.1 Å². The molecule has 1 saturated heterocycles. The molecule has 1 spiro atoms. The third-order valence-corrected chi connectivity index (χ3v) is 6.47. The minimum Gasteiger partial charge on any atom is -0.493 e. The highest BCUT2D eigenvalue weighted by Gasteiger charge is 2.55. The number of rotatable bonds is 7. The number of imide groups is 1. The molecule has 1 heterocycles. The van der Waals surface area contributed by atoms with Gasteiger partial charge < -0.3 is 15.4 Å². The standard InChI is InChI=1S/C23H33N3O4/c1-15-12-16(2)18(4)19(13-15)30-11-7-10-24-20(27)14-26-21(28)23(25-22(26)29)9-6-5-8-17(23)3/h12-13,17H,5-11,14H2,1-4H3,(H,24,27)(H,25,29)/t17-,23+/m1/s1. The molecule has 3 rings (SSSR count). The van der Waals surface area contributed by atoms with Crippen LogP contribution in [0.5, 0.6) is 5.75 Å². The molecule has 2 aliphatic rings.